The zero-order valence-corrected chi connectivity index (χ0v) is 17.6. The molecule has 3 rings (SSSR count). The fraction of sp³-hybridized carbons (Fsp3) is 0.278. The molecular weight excluding hydrogens is 408 g/mol. The van der Waals surface area contributed by atoms with Crippen LogP contribution >= 0.6 is 34.3 Å². The molecule has 2 aromatic heterocycles. The van der Waals surface area contributed by atoms with Crippen molar-refractivity contribution >= 4 is 44.3 Å². The lowest BCUT2D eigenvalue weighted by Gasteiger charge is -2.05. The van der Waals surface area contributed by atoms with E-state index in [1.165, 1.54) is 11.3 Å². The third-order valence-electron chi connectivity index (χ3n) is 3.64. The quantitative estimate of drug-likeness (QED) is 0.564. The summed E-state index contributed by atoms with van der Waals surface area (Å²) in [6, 6.07) is 8.77. The van der Waals surface area contributed by atoms with Crippen molar-refractivity contribution in [2.24, 2.45) is 5.92 Å². The molecule has 8 heteroatoms. The number of thiophene rings is 1. The van der Waals surface area contributed by atoms with Gasteiger partial charge in [-0.25, -0.2) is 18.1 Å². The van der Waals surface area contributed by atoms with Crippen LogP contribution in [0.3, 0.4) is 0 Å². The van der Waals surface area contributed by atoms with Crippen molar-refractivity contribution < 1.29 is 8.42 Å². The molecule has 0 saturated heterocycles. The van der Waals surface area contributed by atoms with Gasteiger partial charge in [0.2, 0.25) is 10.0 Å². The molecule has 0 aliphatic heterocycles. The first-order chi connectivity index (χ1) is 12.3. The van der Waals surface area contributed by atoms with Crippen molar-refractivity contribution in [1.82, 2.24) is 9.71 Å². The van der Waals surface area contributed by atoms with Crippen LogP contribution in [0.2, 0.25) is 5.02 Å². The van der Waals surface area contributed by atoms with Crippen LogP contribution < -0.4 is 4.72 Å². The molecule has 0 amide bonds. The van der Waals surface area contributed by atoms with Crippen LogP contribution in [0.1, 0.15) is 25.1 Å². The van der Waals surface area contributed by atoms with Gasteiger partial charge >= 0.3 is 0 Å². The molecule has 26 heavy (non-hydrogen) atoms. The summed E-state index contributed by atoms with van der Waals surface area (Å²) in [5.41, 5.74) is 2.76. The molecule has 0 atom stereocenters. The van der Waals surface area contributed by atoms with Crippen molar-refractivity contribution in [3.05, 3.63) is 57.4 Å². The maximum absolute atomic E-state index is 12.5. The minimum Gasteiger partial charge on any atom is -0.241 e. The summed E-state index contributed by atoms with van der Waals surface area (Å²) in [5, 5.41) is 5.37. The van der Waals surface area contributed by atoms with Crippen molar-refractivity contribution in [1.29, 1.82) is 0 Å². The van der Waals surface area contributed by atoms with Gasteiger partial charge in [0.25, 0.3) is 0 Å². The maximum Gasteiger partial charge on any atom is 0.250 e. The Morgan fingerprint density at radius 2 is 1.88 bits per heavy atom. The van der Waals surface area contributed by atoms with E-state index in [0.717, 1.165) is 28.2 Å². The number of thiazole rings is 1. The summed E-state index contributed by atoms with van der Waals surface area (Å²) in [4.78, 5) is 4.62. The lowest BCUT2D eigenvalue weighted by Crippen LogP contribution is -2.22. The third kappa shape index (κ3) is 4.92. The van der Waals surface area contributed by atoms with Gasteiger partial charge in [-0.15, -0.1) is 22.7 Å². The number of benzene rings is 1. The van der Waals surface area contributed by atoms with Crippen LogP contribution in [0, 0.1) is 5.92 Å². The van der Waals surface area contributed by atoms with Crippen LogP contribution in [0.25, 0.3) is 10.6 Å². The Labute approximate surface area is 166 Å². The number of hydrogen-bond acceptors (Lipinski definition) is 5. The highest BCUT2D eigenvalue weighted by Crippen LogP contribution is 2.31. The van der Waals surface area contributed by atoms with Gasteiger partial charge in [0.15, 0.2) is 0 Å². The molecule has 0 fully saturated rings. The minimum absolute atomic E-state index is 0.225. The molecule has 0 saturated carbocycles. The van der Waals surface area contributed by atoms with Gasteiger partial charge < -0.3 is 0 Å². The van der Waals surface area contributed by atoms with E-state index in [4.69, 9.17) is 11.6 Å². The SMILES string of the molecule is CC(C)Cc1csc(-c2csc(S(=O)(=O)NCc3ccc(Cl)cc3)c2)n1. The molecule has 138 valence electrons. The van der Waals surface area contributed by atoms with Gasteiger partial charge in [0, 0.05) is 27.9 Å². The monoisotopic (exact) mass is 426 g/mol. The highest BCUT2D eigenvalue weighted by molar-refractivity contribution is 7.91. The van der Waals surface area contributed by atoms with E-state index in [-0.39, 0.29) is 6.54 Å². The summed E-state index contributed by atoms with van der Waals surface area (Å²) in [6.45, 7) is 4.53. The highest BCUT2D eigenvalue weighted by atomic mass is 35.5. The lowest BCUT2D eigenvalue weighted by atomic mass is 10.1. The summed E-state index contributed by atoms with van der Waals surface area (Å²) < 4.78 is 28.0. The standard InChI is InChI=1S/C18H19ClN2O2S3/c1-12(2)7-16-11-25-18(21-16)14-8-17(24-10-14)26(22,23)20-9-13-3-5-15(19)6-4-13/h3-6,8,10-12,20H,7,9H2,1-2H3. The molecule has 0 bridgehead atoms. The summed E-state index contributed by atoms with van der Waals surface area (Å²) in [5.74, 6) is 0.542. The smallest absolute Gasteiger partial charge is 0.241 e. The Morgan fingerprint density at radius 3 is 2.58 bits per heavy atom. The summed E-state index contributed by atoms with van der Waals surface area (Å²) >= 11 is 8.60. The predicted octanol–water partition coefficient (Wildman–Crippen LogP) is 5.20. The normalized spacial score (nSPS) is 12.0. The first kappa shape index (κ1) is 19.5. The zero-order chi connectivity index (χ0) is 18.7. The Hall–Kier alpha value is -1.25. The van der Waals surface area contributed by atoms with Gasteiger partial charge in [-0.1, -0.05) is 37.6 Å². The van der Waals surface area contributed by atoms with Crippen LogP contribution in [-0.4, -0.2) is 13.4 Å². The van der Waals surface area contributed by atoms with E-state index in [9.17, 15) is 8.42 Å². The number of nitrogens with one attached hydrogen (secondary N) is 1. The average molecular weight is 427 g/mol. The Morgan fingerprint density at radius 1 is 1.15 bits per heavy atom. The maximum atomic E-state index is 12.5. The van der Waals surface area contributed by atoms with E-state index in [2.05, 4.69) is 23.6 Å². The van der Waals surface area contributed by atoms with Crippen LogP contribution in [-0.2, 0) is 23.0 Å². The van der Waals surface area contributed by atoms with E-state index in [1.807, 2.05) is 10.8 Å². The van der Waals surface area contributed by atoms with E-state index >= 15 is 0 Å². The summed E-state index contributed by atoms with van der Waals surface area (Å²) in [7, 11) is -3.56. The van der Waals surface area contributed by atoms with Crippen LogP contribution in [0.4, 0.5) is 0 Å². The average Bonchev–Trinajstić information content (AvgIpc) is 3.23. The van der Waals surface area contributed by atoms with Gasteiger partial charge in [-0.05, 0) is 36.1 Å². The molecule has 0 spiro atoms. The molecule has 2 heterocycles. The van der Waals surface area contributed by atoms with E-state index in [1.54, 1.807) is 41.7 Å². The molecular formula is C18H19ClN2O2S3. The number of nitrogens with zero attached hydrogens (tertiary/aromatic N) is 1. The number of rotatable bonds is 7. The van der Waals surface area contributed by atoms with E-state index < -0.39 is 10.0 Å². The fourth-order valence-electron chi connectivity index (χ4n) is 2.37. The van der Waals surface area contributed by atoms with Gasteiger partial charge in [-0.3, -0.25) is 0 Å². The lowest BCUT2D eigenvalue weighted by molar-refractivity contribution is 0.583. The number of hydrogen-bond donors (Lipinski definition) is 1. The zero-order valence-electron chi connectivity index (χ0n) is 14.4. The molecule has 1 N–H and O–H groups in total. The minimum atomic E-state index is -3.56. The largest absolute Gasteiger partial charge is 0.250 e. The van der Waals surface area contributed by atoms with Crippen LogP contribution in [0.15, 0.2) is 45.3 Å². The first-order valence-corrected chi connectivity index (χ1v) is 11.7. The van der Waals surface area contributed by atoms with Crippen molar-refractivity contribution in [3.63, 3.8) is 0 Å². The number of halogens is 1. The second-order valence-electron chi connectivity index (χ2n) is 6.35. The Kier molecular flexibility index (Phi) is 6.14. The van der Waals surface area contributed by atoms with Gasteiger partial charge in [-0.2, -0.15) is 0 Å². The third-order valence-corrected chi connectivity index (χ3v) is 7.67. The molecule has 0 unspecified atom stereocenters. The summed E-state index contributed by atoms with van der Waals surface area (Å²) in [6.07, 6.45) is 0.925. The topological polar surface area (TPSA) is 59.1 Å². The molecule has 3 aromatic rings. The number of sulfonamides is 1. The predicted molar refractivity (Wildman–Crippen MR) is 109 cm³/mol. The Balaban J connectivity index is 1.71. The van der Waals surface area contributed by atoms with E-state index in [0.29, 0.717) is 15.1 Å². The molecule has 0 radical (unpaired) electrons. The second-order valence-corrected chi connectivity index (χ2v) is 10.5. The fourth-order valence-corrected chi connectivity index (χ4v) is 5.62. The second kappa shape index (κ2) is 8.19. The van der Waals surface area contributed by atoms with Crippen LogP contribution in [0.5, 0.6) is 0 Å². The van der Waals surface area contributed by atoms with Gasteiger partial charge in [0.1, 0.15) is 9.22 Å². The van der Waals surface area contributed by atoms with Gasteiger partial charge in [0.05, 0.1) is 5.69 Å². The molecule has 0 aliphatic rings. The van der Waals surface area contributed by atoms with Crippen molar-refractivity contribution in [3.8, 4) is 10.6 Å². The molecule has 1 aromatic carbocycles. The first-order valence-electron chi connectivity index (χ1n) is 8.11. The highest BCUT2D eigenvalue weighted by Gasteiger charge is 2.18. The number of aromatic nitrogens is 1. The Bertz CT molecular complexity index is 976. The molecule has 0 aliphatic carbocycles. The molecule has 4 nitrogen and oxygen atoms in total. The van der Waals surface area contributed by atoms with Crippen molar-refractivity contribution in [2.75, 3.05) is 0 Å². The van der Waals surface area contributed by atoms with Crippen molar-refractivity contribution in [2.45, 2.75) is 31.0 Å².